The Morgan fingerprint density at radius 2 is 1.12 bits per heavy atom. The van der Waals surface area contributed by atoms with Gasteiger partial charge in [-0.2, -0.15) is 0 Å². The molecule has 0 amide bonds. The van der Waals surface area contributed by atoms with Crippen molar-refractivity contribution in [1.82, 2.24) is 4.90 Å². The molecule has 10 heteroatoms. The van der Waals surface area contributed by atoms with Crippen LogP contribution in [0, 0.1) is 0 Å². The van der Waals surface area contributed by atoms with Gasteiger partial charge in [0.15, 0.2) is 0 Å². The summed E-state index contributed by atoms with van der Waals surface area (Å²) in [5, 5.41) is 62.7. The van der Waals surface area contributed by atoms with Gasteiger partial charge in [0.25, 0.3) is 0 Å². The zero-order valence-electron chi connectivity index (χ0n) is 15.7. The van der Waals surface area contributed by atoms with Crippen LogP contribution in [0.25, 0.3) is 0 Å². The molecule has 10 nitrogen and oxygen atoms in total. The van der Waals surface area contributed by atoms with E-state index in [-0.39, 0.29) is 46.2 Å². The molecule has 0 bridgehead atoms. The number of rotatable bonds is 17. The van der Waals surface area contributed by atoms with E-state index in [0.29, 0.717) is 63.5 Å². The summed E-state index contributed by atoms with van der Waals surface area (Å²) in [5.41, 5.74) is 0. The maximum Gasteiger partial charge on any atom is 0.102 e. The molecule has 0 aromatic heterocycles. The normalized spacial score (nSPS) is 11.5. The summed E-state index contributed by atoms with van der Waals surface area (Å²) < 4.78 is 5.36. The molecule has 0 aromatic carbocycles. The lowest BCUT2D eigenvalue weighted by atomic mass is 10.3. The van der Waals surface area contributed by atoms with E-state index in [1.807, 2.05) is 4.90 Å². The molecule has 0 saturated carbocycles. The molecule has 0 fully saturated rings. The van der Waals surface area contributed by atoms with Crippen molar-refractivity contribution >= 4 is 0 Å². The Kier molecular flexibility index (Phi) is 22.4. The van der Waals surface area contributed by atoms with E-state index >= 15 is 0 Å². The number of ether oxygens (including phenoxy) is 1. The highest BCUT2D eigenvalue weighted by molar-refractivity contribution is 4.55. The Balaban J connectivity index is 0. The second-order valence-electron chi connectivity index (χ2n) is 5.74. The molecule has 6 N–H and O–H groups in total. The largest absolute Gasteiger partial charge is 0.850 e. The standard InChI is InChI=1S/2C8H19NO4/c10-5-1-9(2-6-11,3-7-12)4-8-13;10-4-1-9(2-5-11)3-7-13-8-6-12/h2*10-12H,1-8H2. The van der Waals surface area contributed by atoms with Crippen molar-refractivity contribution < 1.29 is 45.0 Å². The second-order valence-corrected chi connectivity index (χ2v) is 5.74. The first-order valence-corrected chi connectivity index (χ1v) is 8.98. The molecule has 0 saturated heterocycles. The third-order valence-corrected chi connectivity index (χ3v) is 3.91. The van der Waals surface area contributed by atoms with Crippen LogP contribution in [-0.4, -0.2) is 145 Å². The first kappa shape index (κ1) is 27.8. The smallest absolute Gasteiger partial charge is 0.102 e. The molecule has 0 radical (unpaired) electrons. The third kappa shape index (κ3) is 15.8. The van der Waals surface area contributed by atoms with Gasteiger partial charge in [-0.3, -0.25) is 4.90 Å². The fourth-order valence-corrected chi connectivity index (χ4v) is 2.48. The summed E-state index contributed by atoms with van der Waals surface area (Å²) in [7, 11) is 0. The van der Waals surface area contributed by atoms with E-state index in [9.17, 15) is 5.11 Å². The van der Waals surface area contributed by atoms with Crippen LogP contribution >= 0.6 is 0 Å². The Hall–Kier alpha value is -0.400. The molecule has 0 atom stereocenters. The second kappa shape index (κ2) is 20.9. The van der Waals surface area contributed by atoms with E-state index in [1.165, 1.54) is 0 Å². The predicted octanol–water partition coefficient (Wildman–Crippen LogP) is -4.58. The monoisotopic (exact) mass is 386 g/mol. The molecule has 0 unspecified atom stereocenters. The fraction of sp³-hybridized carbons (Fsp3) is 1.00. The number of nitrogens with zero attached hydrogens (tertiary/aromatic N) is 2. The zero-order valence-corrected chi connectivity index (χ0v) is 15.7. The molecular formula is C16H38N2O8. The van der Waals surface area contributed by atoms with Crippen molar-refractivity contribution in [3.63, 3.8) is 0 Å². The van der Waals surface area contributed by atoms with Gasteiger partial charge in [-0.25, -0.2) is 0 Å². The number of quaternary nitrogens is 1. The molecule has 160 valence electrons. The SMILES string of the molecule is OCCOCCN(CCO)CCO.[O-]CC[N+](CCO)(CCO)CCO. The van der Waals surface area contributed by atoms with Crippen LogP contribution in [0.1, 0.15) is 0 Å². The van der Waals surface area contributed by atoms with Crippen molar-refractivity contribution in [1.29, 1.82) is 0 Å². The van der Waals surface area contributed by atoms with Gasteiger partial charge in [0.05, 0.1) is 59.4 Å². The van der Waals surface area contributed by atoms with Crippen molar-refractivity contribution in [2.45, 2.75) is 0 Å². The lowest BCUT2D eigenvalue weighted by Gasteiger charge is -2.38. The van der Waals surface area contributed by atoms with E-state index in [4.69, 9.17) is 35.4 Å². The lowest BCUT2D eigenvalue weighted by Crippen LogP contribution is -2.55. The van der Waals surface area contributed by atoms with Crippen LogP contribution in [0.5, 0.6) is 0 Å². The van der Waals surface area contributed by atoms with Crippen LogP contribution in [-0.2, 0) is 4.74 Å². The molecule has 0 aliphatic carbocycles. The summed E-state index contributed by atoms with van der Waals surface area (Å²) in [6.45, 7) is 4.08. The first-order chi connectivity index (χ1) is 12.6. The molecule has 26 heavy (non-hydrogen) atoms. The third-order valence-electron chi connectivity index (χ3n) is 3.91. The van der Waals surface area contributed by atoms with Crippen LogP contribution in [0.15, 0.2) is 0 Å². The highest BCUT2D eigenvalue weighted by Gasteiger charge is 2.23. The van der Waals surface area contributed by atoms with Gasteiger partial charge in [0.1, 0.15) is 19.6 Å². The number of hydrogen-bond donors (Lipinski definition) is 6. The van der Waals surface area contributed by atoms with Crippen LogP contribution in [0.3, 0.4) is 0 Å². The summed E-state index contributed by atoms with van der Waals surface area (Å²) >= 11 is 0. The van der Waals surface area contributed by atoms with Gasteiger partial charge in [0.2, 0.25) is 0 Å². The Morgan fingerprint density at radius 1 is 0.615 bits per heavy atom. The fourth-order valence-electron chi connectivity index (χ4n) is 2.48. The average Bonchev–Trinajstić information content (AvgIpc) is 2.60. The van der Waals surface area contributed by atoms with Crippen molar-refractivity contribution in [3.8, 4) is 0 Å². The molecule has 0 aliphatic rings. The zero-order chi connectivity index (χ0) is 20.1. The van der Waals surface area contributed by atoms with E-state index in [2.05, 4.69) is 0 Å². The predicted molar refractivity (Wildman–Crippen MR) is 94.4 cm³/mol. The van der Waals surface area contributed by atoms with Gasteiger partial charge < -0.3 is 45.0 Å². The van der Waals surface area contributed by atoms with E-state index in [1.54, 1.807) is 0 Å². The van der Waals surface area contributed by atoms with E-state index < -0.39 is 0 Å². The molecule has 0 spiro atoms. The Bertz CT molecular complexity index is 239. The topological polar surface area (TPSA) is 157 Å². The minimum absolute atomic E-state index is 0.0278. The quantitative estimate of drug-likeness (QED) is 0.107. The van der Waals surface area contributed by atoms with Crippen molar-refractivity contribution in [3.05, 3.63) is 0 Å². The minimum Gasteiger partial charge on any atom is -0.850 e. The Morgan fingerprint density at radius 3 is 1.46 bits per heavy atom. The number of aliphatic hydroxyl groups is 6. The van der Waals surface area contributed by atoms with Crippen molar-refractivity contribution in [2.24, 2.45) is 0 Å². The highest BCUT2D eigenvalue weighted by atomic mass is 16.5. The average molecular weight is 386 g/mol. The molecule has 0 aromatic rings. The maximum absolute atomic E-state index is 10.5. The first-order valence-electron chi connectivity index (χ1n) is 8.98. The van der Waals surface area contributed by atoms with Gasteiger partial charge in [-0.05, 0) is 0 Å². The van der Waals surface area contributed by atoms with Crippen LogP contribution in [0.4, 0.5) is 0 Å². The summed E-state index contributed by atoms with van der Waals surface area (Å²) in [6, 6.07) is 0. The lowest BCUT2D eigenvalue weighted by molar-refractivity contribution is -0.933. The highest BCUT2D eigenvalue weighted by Crippen LogP contribution is 2.04. The van der Waals surface area contributed by atoms with Gasteiger partial charge in [-0.1, -0.05) is 6.61 Å². The maximum atomic E-state index is 10.5. The molecular weight excluding hydrogens is 348 g/mol. The minimum atomic E-state index is -0.250. The van der Waals surface area contributed by atoms with Crippen LogP contribution in [0.2, 0.25) is 0 Å². The summed E-state index contributed by atoms with van der Waals surface area (Å²) in [4.78, 5) is 1.90. The molecule has 0 heterocycles. The molecule has 0 aliphatic heterocycles. The summed E-state index contributed by atoms with van der Waals surface area (Å²) in [5.74, 6) is 0. The number of aliphatic hydroxyl groups excluding tert-OH is 6. The van der Waals surface area contributed by atoms with Gasteiger partial charge in [-0.15, -0.1) is 0 Å². The summed E-state index contributed by atoms with van der Waals surface area (Å²) in [6.07, 6.45) is 0. The van der Waals surface area contributed by atoms with Crippen LogP contribution < -0.4 is 5.11 Å². The Labute approximate surface area is 156 Å². The number of hydrogen-bond acceptors (Lipinski definition) is 9. The molecule has 0 rings (SSSR count). The van der Waals surface area contributed by atoms with Gasteiger partial charge in [0, 0.05) is 19.6 Å². The van der Waals surface area contributed by atoms with Crippen molar-refractivity contribution in [2.75, 3.05) is 105 Å². The van der Waals surface area contributed by atoms with E-state index in [0.717, 1.165) is 0 Å². The van der Waals surface area contributed by atoms with Gasteiger partial charge >= 0.3 is 0 Å².